The van der Waals surface area contributed by atoms with Crippen LogP contribution in [0, 0.1) is 5.92 Å². The number of rotatable bonds is 6. The Morgan fingerprint density at radius 3 is 2.79 bits per heavy atom. The van der Waals surface area contributed by atoms with Gasteiger partial charge in [-0.25, -0.2) is 9.98 Å². The zero-order chi connectivity index (χ0) is 19.8. The Bertz CT molecular complexity index is 655. The molecule has 7 nitrogen and oxygen atoms in total. The predicted octanol–water partition coefficient (Wildman–Crippen LogP) is 2.33. The van der Waals surface area contributed by atoms with Crippen LogP contribution in [-0.4, -0.2) is 54.5 Å². The minimum Gasteiger partial charge on any atom is -0.481 e. The summed E-state index contributed by atoms with van der Waals surface area (Å²) in [6.45, 7) is 5.01. The van der Waals surface area contributed by atoms with Crippen LogP contribution in [0.5, 0.6) is 5.88 Å². The average Bonchev–Trinajstić information content (AvgIpc) is 3.21. The Kier molecular flexibility index (Phi) is 7.51. The van der Waals surface area contributed by atoms with Crippen molar-refractivity contribution in [1.82, 2.24) is 20.5 Å². The Morgan fingerprint density at radius 2 is 2.11 bits per heavy atom. The molecule has 7 heteroatoms. The van der Waals surface area contributed by atoms with E-state index < -0.39 is 0 Å². The number of guanidine groups is 1. The van der Waals surface area contributed by atoms with Crippen LogP contribution in [0.3, 0.4) is 0 Å². The van der Waals surface area contributed by atoms with Crippen LogP contribution >= 0.6 is 0 Å². The van der Waals surface area contributed by atoms with E-state index in [1.54, 1.807) is 13.3 Å². The minimum atomic E-state index is 0.247. The van der Waals surface area contributed by atoms with E-state index in [1.165, 1.54) is 19.3 Å². The molecule has 154 valence electrons. The zero-order valence-electron chi connectivity index (χ0n) is 17.1. The number of methoxy groups -OCH3 is 1. The fourth-order valence-corrected chi connectivity index (χ4v) is 3.99. The minimum absolute atomic E-state index is 0.247. The second-order valence-electron chi connectivity index (χ2n) is 7.65. The molecule has 1 saturated heterocycles. The second kappa shape index (κ2) is 10.3. The number of nitrogens with zero attached hydrogens (tertiary/aromatic N) is 3. The number of carbonyl (C=O) groups is 1. The first-order valence-corrected chi connectivity index (χ1v) is 10.5. The normalized spacial score (nSPS) is 20.9. The molecule has 2 fully saturated rings. The molecular weight excluding hydrogens is 354 g/mol. The standard InChI is InChI=1S/C21H33N5O2/c1-3-22-21(24-14-16-9-10-19(28-2)23-13-16)25-18-11-12-26(15-18)20(27)17-7-5-4-6-8-17/h9-10,13,17-18H,3-8,11-12,14-15H2,1-2H3,(H2,22,24,25). The molecule has 0 spiro atoms. The molecular formula is C21H33N5O2. The van der Waals surface area contributed by atoms with Crippen LogP contribution in [0.2, 0.25) is 0 Å². The largest absolute Gasteiger partial charge is 0.481 e. The number of carbonyl (C=O) groups excluding carboxylic acids is 1. The van der Waals surface area contributed by atoms with Gasteiger partial charge in [0.05, 0.1) is 13.7 Å². The molecule has 1 aliphatic heterocycles. The highest BCUT2D eigenvalue weighted by molar-refractivity contribution is 5.81. The highest BCUT2D eigenvalue weighted by Gasteiger charge is 2.31. The van der Waals surface area contributed by atoms with Gasteiger partial charge in [0.15, 0.2) is 5.96 Å². The van der Waals surface area contributed by atoms with Crippen molar-refractivity contribution in [2.24, 2.45) is 10.9 Å². The second-order valence-corrected chi connectivity index (χ2v) is 7.65. The monoisotopic (exact) mass is 387 g/mol. The summed E-state index contributed by atoms with van der Waals surface area (Å²) in [7, 11) is 1.61. The summed E-state index contributed by atoms with van der Waals surface area (Å²) in [6, 6.07) is 4.06. The van der Waals surface area contributed by atoms with Gasteiger partial charge in [-0.1, -0.05) is 25.3 Å². The molecule has 1 aliphatic carbocycles. The van der Waals surface area contributed by atoms with Gasteiger partial charge in [-0.3, -0.25) is 4.79 Å². The summed E-state index contributed by atoms with van der Waals surface area (Å²) in [5.41, 5.74) is 1.03. The summed E-state index contributed by atoms with van der Waals surface area (Å²) >= 11 is 0. The third-order valence-electron chi connectivity index (χ3n) is 5.57. The highest BCUT2D eigenvalue weighted by atomic mass is 16.5. The van der Waals surface area contributed by atoms with Crippen molar-refractivity contribution < 1.29 is 9.53 Å². The van der Waals surface area contributed by atoms with E-state index in [-0.39, 0.29) is 12.0 Å². The number of hydrogen-bond acceptors (Lipinski definition) is 4. The van der Waals surface area contributed by atoms with Crippen molar-refractivity contribution in [2.75, 3.05) is 26.7 Å². The lowest BCUT2D eigenvalue weighted by atomic mass is 9.88. The summed E-state index contributed by atoms with van der Waals surface area (Å²) in [5, 5.41) is 6.80. The quantitative estimate of drug-likeness (QED) is 0.579. The number of hydrogen-bond donors (Lipinski definition) is 2. The van der Waals surface area contributed by atoms with Crippen LogP contribution < -0.4 is 15.4 Å². The maximum absolute atomic E-state index is 12.8. The number of amides is 1. The Labute approximate surface area is 168 Å². The van der Waals surface area contributed by atoms with Crippen molar-refractivity contribution in [2.45, 2.75) is 58.0 Å². The third-order valence-corrected chi connectivity index (χ3v) is 5.57. The van der Waals surface area contributed by atoms with Crippen molar-refractivity contribution in [1.29, 1.82) is 0 Å². The van der Waals surface area contributed by atoms with E-state index in [9.17, 15) is 4.79 Å². The Hall–Kier alpha value is -2.31. The fraction of sp³-hybridized carbons (Fsp3) is 0.667. The van der Waals surface area contributed by atoms with Crippen LogP contribution in [0.1, 0.15) is 51.0 Å². The van der Waals surface area contributed by atoms with Crippen LogP contribution in [0.4, 0.5) is 0 Å². The molecule has 0 radical (unpaired) electrons. The van der Waals surface area contributed by atoms with Crippen molar-refractivity contribution in [3.63, 3.8) is 0 Å². The topological polar surface area (TPSA) is 78.9 Å². The SMILES string of the molecule is CCNC(=NCc1ccc(OC)nc1)NC1CCN(C(=O)C2CCCCC2)C1. The van der Waals surface area contributed by atoms with E-state index in [0.717, 1.165) is 50.4 Å². The van der Waals surface area contributed by atoms with Gasteiger partial charge >= 0.3 is 0 Å². The molecule has 1 atom stereocenters. The smallest absolute Gasteiger partial charge is 0.225 e. The first kappa shape index (κ1) is 20.4. The maximum atomic E-state index is 12.8. The average molecular weight is 388 g/mol. The number of pyridine rings is 1. The first-order chi connectivity index (χ1) is 13.7. The van der Waals surface area contributed by atoms with Gasteiger partial charge in [-0.05, 0) is 31.7 Å². The molecule has 1 saturated carbocycles. The van der Waals surface area contributed by atoms with Crippen LogP contribution in [0.25, 0.3) is 0 Å². The Morgan fingerprint density at radius 1 is 1.29 bits per heavy atom. The molecule has 1 unspecified atom stereocenters. The van der Waals surface area contributed by atoms with Gasteiger partial charge in [0.2, 0.25) is 11.8 Å². The molecule has 2 heterocycles. The molecule has 1 amide bonds. The predicted molar refractivity (Wildman–Crippen MR) is 110 cm³/mol. The van der Waals surface area contributed by atoms with E-state index in [1.807, 2.05) is 17.0 Å². The fourth-order valence-electron chi connectivity index (χ4n) is 3.99. The molecule has 1 aromatic heterocycles. The molecule has 2 N–H and O–H groups in total. The van der Waals surface area contributed by atoms with E-state index in [2.05, 4.69) is 27.5 Å². The number of ether oxygens (including phenoxy) is 1. The van der Waals surface area contributed by atoms with E-state index >= 15 is 0 Å². The van der Waals surface area contributed by atoms with Crippen molar-refractivity contribution >= 4 is 11.9 Å². The lowest BCUT2D eigenvalue weighted by Crippen LogP contribution is -2.45. The third kappa shape index (κ3) is 5.59. The van der Waals surface area contributed by atoms with E-state index in [4.69, 9.17) is 4.74 Å². The molecule has 3 rings (SSSR count). The Balaban J connectivity index is 1.52. The zero-order valence-corrected chi connectivity index (χ0v) is 17.1. The first-order valence-electron chi connectivity index (χ1n) is 10.5. The van der Waals surface area contributed by atoms with Crippen LogP contribution in [-0.2, 0) is 11.3 Å². The number of aromatic nitrogens is 1. The van der Waals surface area contributed by atoms with Crippen molar-refractivity contribution in [3.8, 4) is 5.88 Å². The van der Waals surface area contributed by atoms with Gasteiger partial charge in [0.25, 0.3) is 0 Å². The molecule has 1 aromatic rings. The number of aliphatic imine (C=N–C) groups is 1. The lowest BCUT2D eigenvalue weighted by Gasteiger charge is -2.26. The van der Waals surface area contributed by atoms with Gasteiger partial charge < -0.3 is 20.3 Å². The van der Waals surface area contributed by atoms with Gasteiger partial charge in [-0.2, -0.15) is 0 Å². The van der Waals surface area contributed by atoms with Gasteiger partial charge in [0.1, 0.15) is 0 Å². The van der Waals surface area contributed by atoms with E-state index in [0.29, 0.717) is 18.3 Å². The number of likely N-dealkylation sites (tertiary alicyclic amines) is 1. The summed E-state index contributed by atoms with van der Waals surface area (Å²) in [6.07, 6.45) is 8.55. The summed E-state index contributed by atoms with van der Waals surface area (Å²) in [5.74, 6) is 1.99. The van der Waals surface area contributed by atoms with Crippen LogP contribution in [0.15, 0.2) is 23.3 Å². The molecule has 0 bridgehead atoms. The molecule has 0 aromatic carbocycles. The summed E-state index contributed by atoms with van der Waals surface area (Å²) in [4.78, 5) is 23.7. The highest BCUT2D eigenvalue weighted by Crippen LogP contribution is 2.26. The lowest BCUT2D eigenvalue weighted by molar-refractivity contribution is -0.135. The van der Waals surface area contributed by atoms with Crippen molar-refractivity contribution in [3.05, 3.63) is 23.9 Å². The van der Waals surface area contributed by atoms with Gasteiger partial charge in [0, 0.05) is 43.9 Å². The van der Waals surface area contributed by atoms with Gasteiger partial charge in [-0.15, -0.1) is 0 Å². The molecule has 28 heavy (non-hydrogen) atoms. The maximum Gasteiger partial charge on any atom is 0.225 e. The molecule has 2 aliphatic rings. The number of nitrogens with one attached hydrogen (secondary N) is 2. The summed E-state index contributed by atoms with van der Waals surface area (Å²) < 4.78 is 5.09.